The molecule has 0 bridgehead atoms. The normalized spacial score (nSPS) is 24.1. The second-order valence-corrected chi connectivity index (χ2v) is 2.49. The summed E-state index contributed by atoms with van der Waals surface area (Å²) >= 11 is 0. The molecule has 57 valence electrons. The molecule has 0 saturated carbocycles. The first-order valence-electron chi connectivity index (χ1n) is 3.58. The summed E-state index contributed by atoms with van der Waals surface area (Å²) in [5, 5.41) is 3.21. The molecule has 1 radical (unpaired) electrons. The molecular formula is C7H13N2O. The van der Waals surface area contributed by atoms with Gasteiger partial charge >= 0.3 is 0 Å². The lowest BCUT2D eigenvalue weighted by Crippen LogP contribution is -2.48. The van der Waals surface area contributed by atoms with Crippen LogP contribution in [0.3, 0.4) is 0 Å². The van der Waals surface area contributed by atoms with Crippen molar-refractivity contribution in [3.8, 4) is 0 Å². The number of aldehydes is 1. The van der Waals surface area contributed by atoms with Crippen molar-refractivity contribution in [3.05, 3.63) is 6.92 Å². The van der Waals surface area contributed by atoms with Gasteiger partial charge < -0.3 is 10.1 Å². The highest BCUT2D eigenvalue weighted by Crippen LogP contribution is 1.96. The number of rotatable bonds is 2. The van der Waals surface area contributed by atoms with Gasteiger partial charge in [-0.25, -0.2) is 0 Å². The Kier molecular flexibility index (Phi) is 2.83. The molecule has 1 rings (SSSR count). The average Bonchev–Trinajstić information content (AvgIpc) is 2.05. The van der Waals surface area contributed by atoms with Gasteiger partial charge in [0.15, 0.2) is 0 Å². The van der Waals surface area contributed by atoms with Crippen LogP contribution in [0, 0.1) is 6.92 Å². The van der Waals surface area contributed by atoms with Gasteiger partial charge in [0.2, 0.25) is 0 Å². The molecule has 1 unspecified atom stereocenters. The molecule has 0 aliphatic carbocycles. The monoisotopic (exact) mass is 141 g/mol. The third-order valence-corrected chi connectivity index (χ3v) is 1.78. The summed E-state index contributed by atoms with van der Waals surface area (Å²) in [5.74, 6) is 0. The van der Waals surface area contributed by atoms with Crippen molar-refractivity contribution in [2.75, 3.05) is 26.2 Å². The Morgan fingerprint density at radius 2 is 2.10 bits per heavy atom. The van der Waals surface area contributed by atoms with E-state index in [1.165, 1.54) is 0 Å². The maximum atomic E-state index is 10.3. The molecule has 0 aromatic carbocycles. The highest BCUT2D eigenvalue weighted by molar-refractivity contribution is 5.58. The minimum atomic E-state index is -0.151. The predicted octanol–water partition coefficient (Wildman–Crippen LogP) is -0.707. The maximum Gasteiger partial charge on any atom is 0.137 e. The van der Waals surface area contributed by atoms with E-state index < -0.39 is 0 Å². The second-order valence-electron chi connectivity index (χ2n) is 2.49. The number of carbonyl (C=O) groups is 1. The van der Waals surface area contributed by atoms with Gasteiger partial charge in [-0.15, -0.1) is 0 Å². The van der Waals surface area contributed by atoms with Crippen molar-refractivity contribution in [3.63, 3.8) is 0 Å². The molecule has 3 heteroatoms. The Bertz CT molecular complexity index is 110. The van der Waals surface area contributed by atoms with E-state index in [0.29, 0.717) is 0 Å². The van der Waals surface area contributed by atoms with Crippen LogP contribution < -0.4 is 5.32 Å². The molecule has 3 nitrogen and oxygen atoms in total. The SMILES string of the molecule is [CH2]C(C=O)N1CCNCC1. The first-order chi connectivity index (χ1) is 4.84. The molecule has 1 aliphatic rings. The van der Waals surface area contributed by atoms with Gasteiger partial charge in [-0.05, 0) is 6.92 Å². The molecule has 1 fully saturated rings. The number of nitrogens with one attached hydrogen (secondary N) is 1. The highest BCUT2D eigenvalue weighted by atomic mass is 16.1. The number of piperazine rings is 1. The maximum absolute atomic E-state index is 10.3. The third-order valence-electron chi connectivity index (χ3n) is 1.78. The topological polar surface area (TPSA) is 32.3 Å². The zero-order valence-electron chi connectivity index (χ0n) is 6.05. The fourth-order valence-corrected chi connectivity index (χ4v) is 1.10. The lowest BCUT2D eigenvalue weighted by Gasteiger charge is -2.29. The van der Waals surface area contributed by atoms with Gasteiger partial charge in [0.25, 0.3) is 0 Å². The van der Waals surface area contributed by atoms with Gasteiger partial charge in [0.1, 0.15) is 6.29 Å². The average molecular weight is 141 g/mol. The zero-order chi connectivity index (χ0) is 7.40. The molecule has 1 heterocycles. The van der Waals surface area contributed by atoms with Gasteiger partial charge in [-0.2, -0.15) is 0 Å². The van der Waals surface area contributed by atoms with Crippen LogP contribution in [-0.2, 0) is 4.79 Å². The molecule has 0 amide bonds. The fourth-order valence-electron chi connectivity index (χ4n) is 1.10. The summed E-state index contributed by atoms with van der Waals surface area (Å²) in [5.41, 5.74) is 0. The van der Waals surface area contributed by atoms with E-state index in [2.05, 4.69) is 17.1 Å². The minimum absolute atomic E-state index is 0.151. The van der Waals surface area contributed by atoms with E-state index in [-0.39, 0.29) is 6.04 Å². The van der Waals surface area contributed by atoms with E-state index in [1.807, 2.05) is 0 Å². The van der Waals surface area contributed by atoms with Crippen LogP contribution in [-0.4, -0.2) is 43.4 Å². The molecular weight excluding hydrogens is 128 g/mol. The van der Waals surface area contributed by atoms with Crippen molar-refractivity contribution in [1.82, 2.24) is 10.2 Å². The number of hydrogen-bond donors (Lipinski definition) is 1. The minimum Gasteiger partial charge on any atom is -0.314 e. The van der Waals surface area contributed by atoms with E-state index in [4.69, 9.17) is 0 Å². The zero-order valence-corrected chi connectivity index (χ0v) is 6.05. The van der Waals surface area contributed by atoms with E-state index >= 15 is 0 Å². The molecule has 0 spiro atoms. The Labute approximate surface area is 61.4 Å². The van der Waals surface area contributed by atoms with Crippen LogP contribution in [0.5, 0.6) is 0 Å². The lowest BCUT2D eigenvalue weighted by atomic mass is 10.2. The van der Waals surface area contributed by atoms with Gasteiger partial charge in [0, 0.05) is 26.2 Å². The van der Waals surface area contributed by atoms with Gasteiger partial charge in [0.05, 0.1) is 6.04 Å². The Morgan fingerprint density at radius 1 is 1.50 bits per heavy atom. The summed E-state index contributed by atoms with van der Waals surface area (Å²) in [6, 6.07) is -0.151. The van der Waals surface area contributed by atoms with E-state index in [0.717, 1.165) is 32.5 Å². The number of carbonyl (C=O) groups excluding carboxylic acids is 1. The largest absolute Gasteiger partial charge is 0.314 e. The molecule has 1 aliphatic heterocycles. The van der Waals surface area contributed by atoms with Crippen molar-refractivity contribution < 1.29 is 4.79 Å². The lowest BCUT2D eigenvalue weighted by molar-refractivity contribution is -0.111. The summed E-state index contributed by atoms with van der Waals surface area (Å²) in [6.45, 7) is 7.53. The number of hydrogen-bond acceptors (Lipinski definition) is 3. The third kappa shape index (κ3) is 1.78. The van der Waals surface area contributed by atoms with Gasteiger partial charge in [-0.3, -0.25) is 4.90 Å². The standard InChI is InChI=1S/C7H13N2O/c1-7(6-10)9-4-2-8-3-5-9/h6-8H,1-5H2. The van der Waals surface area contributed by atoms with Crippen molar-refractivity contribution in [2.45, 2.75) is 6.04 Å². The Hall–Kier alpha value is -0.410. The van der Waals surface area contributed by atoms with Gasteiger partial charge in [-0.1, -0.05) is 0 Å². The second kappa shape index (κ2) is 3.68. The van der Waals surface area contributed by atoms with Crippen LogP contribution in [0.1, 0.15) is 0 Å². The molecule has 1 atom stereocenters. The molecule has 10 heavy (non-hydrogen) atoms. The molecule has 0 aromatic heterocycles. The fraction of sp³-hybridized carbons (Fsp3) is 0.714. The molecule has 1 saturated heterocycles. The summed E-state index contributed by atoms with van der Waals surface area (Å²) < 4.78 is 0. The van der Waals surface area contributed by atoms with Crippen LogP contribution in [0.25, 0.3) is 0 Å². The van der Waals surface area contributed by atoms with Crippen LogP contribution in [0.4, 0.5) is 0 Å². The summed E-state index contributed by atoms with van der Waals surface area (Å²) in [4.78, 5) is 12.4. The summed E-state index contributed by atoms with van der Waals surface area (Å²) in [7, 11) is 0. The molecule has 1 N–H and O–H groups in total. The molecule has 0 aromatic rings. The number of nitrogens with zero attached hydrogens (tertiary/aromatic N) is 1. The smallest absolute Gasteiger partial charge is 0.137 e. The van der Waals surface area contributed by atoms with Crippen molar-refractivity contribution in [2.24, 2.45) is 0 Å². The summed E-state index contributed by atoms with van der Waals surface area (Å²) in [6.07, 6.45) is 0.894. The van der Waals surface area contributed by atoms with Crippen molar-refractivity contribution in [1.29, 1.82) is 0 Å². The Balaban J connectivity index is 2.30. The highest BCUT2D eigenvalue weighted by Gasteiger charge is 2.14. The first-order valence-corrected chi connectivity index (χ1v) is 3.58. The Morgan fingerprint density at radius 3 is 2.60 bits per heavy atom. The predicted molar refractivity (Wildman–Crippen MR) is 39.7 cm³/mol. The first kappa shape index (κ1) is 7.69. The van der Waals surface area contributed by atoms with Crippen LogP contribution >= 0.6 is 0 Å². The quantitative estimate of drug-likeness (QED) is 0.516. The van der Waals surface area contributed by atoms with E-state index in [9.17, 15) is 4.79 Å². The van der Waals surface area contributed by atoms with Crippen molar-refractivity contribution >= 4 is 6.29 Å². The van der Waals surface area contributed by atoms with Crippen LogP contribution in [0.2, 0.25) is 0 Å². The van der Waals surface area contributed by atoms with Crippen LogP contribution in [0.15, 0.2) is 0 Å². The van der Waals surface area contributed by atoms with E-state index in [1.54, 1.807) is 0 Å².